The number of aryl methyl sites for hydroxylation is 2. The molecule has 0 amide bonds. The molecular formula is C15H16O6S2. The van der Waals surface area contributed by atoms with Gasteiger partial charge < -0.3 is 14.2 Å². The van der Waals surface area contributed by atoms with Crippen molar-refractivity contribution in [2.45, 2.75) is 23.6 Å². The van der Waals surface area contributed by atoms with Crippen LogP contribution < -0.4 is 0 Å². The Morgan fingerprint density at radius 2 is 1.35 bits per heavy atom. The molecule has 0 fully saturated rings. The van der Waals surface area contributed by atoms with Crippen molar-refractivity contribution in [2.75, 3.05) is 0 Å². The normalized spacial score (nSPS) is 12.7. The third kappa shape index (κ3) is 6.41. The average molecular weight is 356 g/mol. The summed E-state index contributed by atoms with van der Waals surface area (Å²) in [6, 6.07) is 11.0. The molecule has 0 aliphatic rings. The number of aromatic carboxylic acids is 1. The number of benzene rings is 2. The maximum atomic E-state index is 10.6. The van der Waals surface area contributed by atoms with Crippen LogP contribution in [0.15, 0.2) is 52.3 Å². The van der Waals surface area contributed by atoms with E-state index in [1.807, 2.05) is 19.1 Å². The Labute approximate surface area is 138 Å². The van der Waals surface area contributed by atoms with E-state index in [-0.39, 0.29) is 10.5 Å². The fourth-order valence-electron chi connectivity index (χ4n) is 1.63. The van der Waals surface area contributed by atoms with Gasteiger partial charge in [-0.05, 0) is 49.7 Å². The lowest BCUT2D eigenvalue weighted by Crippen LogP contribution is -1.99. The molecule has 0 aromatic heterocycles. The molecular weight excluding hydrogens is 340 g/mol. The Morgan fingerprint density at radius 1 is 0.826 bits per heavy atom. The van der Waals surface area contributed by atoms with Crippen molar-refractivity contribution < 1.29 is 27.4 Å². The topological polar surface area (TPSA) is 112 Å². The Bertz CT molecular complexity index is 708. The number of hydrogen-bond donors (Lipinski definition) is 3. The zero-order valence-corrected chi connectivity index (χ0v) is 14.1. The Morgan fingerprint density at radius 3 is 1.78 bits per heavy atom. The first-order chi connectivity index (χ1) is 10.7. The van der Waals surface area contributed by atoms with Crippen LogP contribution in [0.3, 0.4) is 0 Å². The van der Waals surface area contributed by atoms with E-state index in [0.717, 1.165) is 5.56 Å². The van der Waals surface area contributed by atoms with Gasteiger partial charge in [0.2, 0.25) is 0 Å². The summed E-state index contributed by atoms with van der Waals surface area (Å²) in [4.78, 5) is 11.1. The van der Waals surface area contributed by atoms with Crippen LogP contribution in [0, 0.1) is 13.8 Å². The average Bonchev–Trinajstić information content (AvgIpc) is 2.47. The molecule has 6 nitrogen and oxygen atoms in total. The lowest BCUT2D eigenvalue weighted by Gasteiger charge is -2.00. The van der Waals surface area contributed by atoms with Crippen LogP contribution in [0.1, 0.15) is 21.5 Å². The Balaban J connectivity index is 0.000000238. The van der Waals surface area contributed by atoms with Crippen LogP contribution >= 0.6 is 0 Å². The molecule has 2 aromatic rings. The van der Waals surface area contributed by atoms with Gasteiger partial charge in [0.1, 0.15) is 0 Å². The zero-order valence-electron chi connectivity index (χ0n) is 12.4. The summed E-state index contributed by atoms with van der Waals surface area (Å²) in [5.74, 6) is -1.10. The lowest BCUT2D eigenvalue weighted by atomic mass is 10.1. The molecule has 0 aliphatic heterocycles. The molecule has 124 valence electrons. The minimum Gasteiger partial charge on any atom is -0.478 e. The summed E-state index contributed by atoms with van der Waals surface area (Å²) in [5.41, 5.74) is 1.77. The summed E-state index contributed by atoms with van der Waals surface area (Å²) in [7, 11) is 0. The van der Waals surface area contributed by atoms with Gasteiger partial charge in [-0.25, -0.2) is 13.2 Å². The highest BCUT2D eigenvalue weighted by Crippen LogP contribution is 2.12. The van der Waals surface area contributed by atoms with E-state index in [0.29, 0.717) is 10.5 Å². The van der Waals surface area contributed by atoms with E-state index in [2.05, 4.69) is 0 Å². The molecule has 0 radical (unpaired) electrons. The minimum absolute atomic E-state index is 0.0254. The van der Waals surface area contributed by atoms with Gasteiger partial charge in [0.05, 0.1) is 15.4 Å². The smallest absolute Gasteiger partial charge is 0.335 e. The van der Waals surface area contributed by atoms with E-state index >= 15 is 0 Å². The van der Waals surface area contributed by atoms with Gasteiger partial charge in [-0.2, -0.15) is 0 Å². The fraction of sp³-hybridized carbons (Fsp3) is 0.133. The maximum absolute atomic E-state index is 10.6. The van der Waals surface area contributed by atoms with Crippen LogP contribution in [0.4, 0.5) is 0 Å². The van der Waals surface area contributed by atoms with Gasteiger partial charge >= 0.3 is 5.97 Å². The van der Waals surface area contributed by atoms with Crippen molar-refractivity contribution in [1.82, 2.24) is 0 Å². The van der Waals surface area contributed by atoms with Crippen molar-refractivity contribution in [3.63, 3.8) is 0 Å². The van der Waals surface area contributed by atoms with E-state index in [4.69, 9.17) is 14.2 Å². The SMILES string of the molecule is Cc1cc(C(=O)O)cc(S(=O)O)c1.Cc1ccc(S(=O)O)cc1. The predicted molar refractivity (Wildman–Crippen MR) is 87.4 cm³/mol. The standard InChI is InChI=1S/C8H8O4S.C7H8O2S/c1-5-2-6(8(9)10)4-7(3-5)13(11)12;1-6-2-4-7(5-3-6)10(8)9/h2-4H,1H3,(H,9,10)(H,11,12);2-5H,1H3,(H,8,9). The molecule has 0 saturated carbocycles. The van der Waals surface area contributed by atoms with Crippen molar-refractivity contribution in [3.05, 3.63) is 59.2 Å². The molecule has 3 N–H and O–H groups in total. The lowest BCUT2D eigenvalue weighted by molar-refractivity contribution is 0.0696. The van der Waals surface area contributed by atoms with Crippen LogP contribution in [0.5, 0.6) is 0 Å². The number of rotatable bonds is 3. The second-order valence-corrected chi connectivity index (χ2v) is 6.59. The van der Waals surface area contributed by atoms with Crippen LogP contribution in [-0.2, 0) is 22.2 Å². The molecule has 2 atom stereocenters. The van der Waals surface area contributed by atoms with Crippen LogP contribution in [-0.4, -0.2) is 28.6 Å². The first kappa shape index (κ1) is 19.2. The summed E-state index contributed by atoms with van der Waals surface area (Å²) in [6.45, 7) is 3.60. The molecule has 0 spiro atoms. The highest BCUT2D eigenvalue weighted by molar-refractivity contribution is 7.79. The number of carbonyl (C=O) groups is 1. The molecule has 2 unspecified atom stereocenters. The molecule has 0 saturated heterocycles. The maximum Gasteiger partial charge on any atom is 0.335 e. The summed E-state index contributed by atoms with van der Waals surface area (Å²) >= 11 is -3.97. The number of carboxylic acid groups (broad SMARTS) is 1. The monoisotopic (exact) mass is 356 g/mol. The summed E-state index contributed by atoms with van der Waals surface area (Å²) in [6.07, 6.45) is 0. The quantitative estimate of drug-likeness (QED) is 0.729. The van der Waals surface area contributed by atoms with E-state index in [1.54, 1.807) is 19.1 Å². The van der Waals surface area contributed by atoms with Gasteiger partial charge in [0, 0.05) is 0 Å². The highest BCUT2D eigenvalue weighted by Gasteiger charge is 2.07. The number of carboxylic acids is 1. The van der Waals surface area contributed by atoms with Gasteiger partial charge in [0.25, 0.3) is 0 Å². The molecule has 0 bridgehead atoms. The molecule has 2 aromatic carbocycles. The second-order valence-electron chi connectivity index (χ2n) is 4.65. The zero-order chi connectivity index (χ0) is 17.6. The first-order valence-corrected chi connectivity index (χ1v) is 8.55. The Hall–Kier alpha value is -1.87. The number of hydrogen-bond acceptors (Lipinski definition) is 3. The summed E-state index contributed by atoms with van der Waals surface area (Å²) < 4.78 is 38.4. The minimum atomic E-state index is -2.13. The van der Waals surface area contributed by atoms with Gasteiger partial charge in [-0.1, -0.05) is 17.7 Å². The van der Waals surface area contributed by atoms with Crippen molar-refractivity contribution in [3.8, 4) is 0 Å². The van der Waals surface area contributed by atoms with Gasteiger partial charge in [-0.15, -0.1) is 0 Å². The van der Waals surface area contributed by atoms with Crippen molar-refractivity contribution in [2.24, 2.45) is 0 Å². The van der Waals surface area contributed by atoms with E-state index < -0.39 is 28.1 Å². The molecule has 23 heavy (non-hydrogen) atoms. The molecule has 0 aliphatic carbocycles. The van der Waals surface area contributed by atoms with E-state index in [9.17, 15) is 13.2 Å². The van der Waals surface area contributed by atoms with Gasteiger partial charge in [-0.3, -0.25) is 0 Å². The van der Waals surface area contributed by atoms with Crippen molar-refractivity contribution in [1.29, 1.82) is 0 Å². The van der Waals surface area contributed by atoms with Crippen LogP contribution in [0.25, 0.3) is 0 Å². The molecule has 2 rings (SSSR count). The molecule has 0 heterocycles. The predicted octanol–water partition coefficient (Wildman–Crippen LogP) is 2.85. The van der Waals surface area contributed by atoms with Gasteiger partial charge in [0.15, 0.2) is 22.2 Å². The summed E-state index contributed by atoms with van der Waals surface area (Å²) in [5, 5.41) is 8.63. The molecule has 8 heteroatoms. The fourth-order valence-corrected chi connectivity index (χ4v) is 2.51. The van der Waals surface area contributed by atoms with Crippen LogP contribution in [0.2, 0.25) is 0 Å². The third-order valence-corrected chi connectivity index (χ3v) is 4.04. The third-order valence-electron chi connectivity index (χ3n) is 2.72. The van der Waals surface area contributed by atoms with Crippen molar-refractivity contribution >= 4 is 28.1 Å². The van der Waals surface area contributed by atoms with E-state index in [1.165, 1.54) is 18.2 Å². The second kappa shape index (κ2) is 8.68. The largest absolute Gasteiger partial charge is 0.478 e. The highest BCUT2D eigenvalue weighted by atomic mass is 32.2. The Kier molecular flexibility index (Phi) is 7.24. The first-order valence-electron chi connectivity index (χ1n) is 6.34.